The summed E-state index contributed by atoms with van der Waals surface area (Å²) in [5.74, 6) is 1.73. The Labute approximate surface area is 141 Å². The van der Waals surface area contributed by atoms with Crippen LogP contribution in [0, 0.1) is 5.92 Å². The van der Waals surface area contributed by atoms with Crippen molar-refractivity contribution < 1.29 is 4.42 Å². The monoisotopic (exact) mass is 316 g/mol. The van der Waals surface area contributed by atoms with Gasteiger partial charge in [-0.3, -0.25) is 4.79 Å². The van der Waals surface area contributed by atoms with Crippen molar-refractivity contribution in [1.82, 2.24) is 0 Å². The van der Waals surface area contributed by atoms with Crippen molar-refractivity contribution in [1.29, 1.82) is 0 Å². The Bertz CT molecular complexity index is 997. The van der Waals surface area contributed by atoms with Crippen molar-refractivity contribution in [3.05, 3.63) is 76.8 Å². The molecule has 1 aromatic heterocycles. The van der Waals surface area contributed by atoms with Crippen molar-refractivity contribution in [3.63, 3.8) is 0 Å². The molecule has 0 aliphatic heterocycles. The molecule has 120 valence electrons. The summed E-state index contributed by atoms with van der Waals surface area (Å²) in [7, 11) is 0. The molecule has 2 heteroatoms. The zero-order valence-corrected chi connectivity index (χ0v) is 13.6. The van der Waals surface area contributed by atoms with Gasteiger partial charge in [0.1, 0.15) is 11.3 Å². The normalized spacial score (nSPS) is 20.8. The molecular weight excluding hydrogens is 296 g/mol. The van der Waals surface area contributed by atoms with Gasteiger partial charge in [-0.2, -0.15) is 0 Å². The lowest BCUT2D eigenvalue weighted by Gasteiger charge is -2.25. The van der Waals surface area contributed by atoms with Gasteiger partial charge in [0, 0.05) is 17.4 Å². The summed E-state index contributed by atoms with van der Waals surface area (Å²) in [6.07, 6.45) is 6.36. The van der Waals surface area contributed by atoms with E-state index in [2.05, 4.69) is 18.4 Å². The Hall–Kier alpha value is -2.57. The quantitative estimate of drug-likeness (QED) is 0.457. The lowest BCUT2D eigenvalue weighted by molar-refractivity contribution is 0.337. The van der Waals surface area contributed by atoms with Crippen LogP contribution in [0.1, 0.15) is 37.4 Å². The first kappa shape index (κ1) is 15.0. The predicted molar refractivity (Wildman–Crippen MR) is 98.4 cm³/mol. The van der Waals surface area contributed by atoms with E-state index in [-0.39, 0.29) is 5.43 Å². The van der Waals surface area contributed by atoms with E-state index in [1.165, 1.54) is 0 Å². The molecule has 0 spiro atoms. The lowest BCUT2D eigenvalue weighted by atomic mass is 9.81. The van der Waals surface area contributed by atoms with E-state index < -0.39 is 0 Å². The second-order valence-corrected chi connectivity index (χ2v) is 6.66. The van der Waals surface area contributed by atoms with E-state index in [1.807, 2.05) is 36.4 Å². The summed E-state index contributed by atoms with van der Waals surface area (Å²) in [5.41, 5.74) is 3.68. The van der Waals surface area contributed by atoms with Gasteiger partial charge >= 0.3 is 0 Å². The molecular formula is C22H20O2. The molecule has 0 N–H and O–H groups in total. The Morgan fingerprint density at radius 2 is 1.83 bits per heavy atom. The fourth-order valence-electron chi connectivity index (χ4n) is 3.84. The van der Waals surface area contributed by atoms with Crippen LogP contribution in [0.2, 0.25) is 0 Å². The van der Waals surface area contributed by atoms with Gasteiger partial charge in [0.05, 0.1) is 5.39 Å². The highest BCUT2D eigenvalue weighted by Gasteiger charge is 2.23. The molecule has 0 bridgehead atoms. The molecule has 0 unspecified atom stereocenters. The number of benzene rings is 2. The van der Waals surface area contributed by atoms with Crippen LogP contribution in [0.4, 0.5) is 0 Å². The summed E-state index contributed by atoms with van der Waals surface area (Å²) in [6, 6.07) is 13.6. The van der Waals surface area contributed by atoms with Crippen LogP contribution in [0.5, 0.6) is 0 Å². The van der Waals surface area contributed by atoms with Crippen molar-refractivity contribution >= 4 is 21.7 Å². The highest BCUT2D eigenvalue weighted by Crippen LogP contribution is 2.37. The minimum Gasteiger partial charge on any atom is -0.460 e. The molecule has 3 aromatic rings. The molecule has 0 saturated heterocycles. The lowest BCUT2D eigenvalue weighted by Crippen LogP contribution is -2.13. The van der Waals surface area contributed by atoms with Gasteiger partial charge in [0.15, 0.2) is 5.43 Å². The highest BCUT2D eigenvalue weighted by molar-refractivity contribution is 6.03. The fourth-order valence-corrected chi connectivity index (χ4v) is 3.84. The third-order valence-electron chi connectivity index (χ3n) is 5.17. The van der Waals surface area contributed by atoms with E-state index in [0.29, 0.717) is 17.2 Å². The van der Waals surface area contributed by atoms with Crippen LogP contribution in [0.25, 0.3) is 21.7 Å². The fraction of sp³-hybridized carbons (Fsp3) is 0.273. The highest BCUT2D eigenvalue weighted by atomic mass is 16.3. The smallest absolute Gasteiger partial charge is 0.192 e. The molecule has 1 fully saturated rings. The molecule has 0 atom stereocenters. The van der Waals surface area contributed by atoms with E-state index in [1.54, 1.807) is 6.07 Å². The standard InChI is InChI=1S/C22H20O2/c1-2-5-15-8-10-17(11-9-15)21-14-20(23)19-13-12-16-6-3-4-7-18(16)22(19)24-21/h3-7,12-15,17H,1,8-11H2. The van der Waals surface area contributed by atoms with Gasteiger partial charge in [0.25, 0.3) is 0 Å². The summed E-state index contributed by atoms with van der Waals surface area (Å²) < 4.78 is 6.25. The SMILES string of the molecule is C=C=CC1CCC(c2cc(=O)c3ccc4ccccc4c3o2)CC1. The third-order valence-corrected chi connectivity index (χ3v) is 5.17. The molecule has 1 heterocycles. The van der Waals surface area contributed by atoms with E-state index in [4.69, 9.17) is 4.42 Å². The number of fused-ring (bicyclic) bond motifs is 3. The van der Waals surface area contributed by atoms with Gasteiger partial charge in [-0.15, -0.1) is 5.73 Å². The Morgan fingerprint density at radius 1 is 1.04 bits per heavy atom. The second kappa shape index (κ2) is 6.14. The van der Waals surface area contributed by atoms with Crippen molar-refractivity contribution in [2.24, 2.45) is 5.92 Å². The number of hydrogen-bond donors (Lipinski definition) is 0. The first-order chi connectivity index (χ1) is 11.8. The first-order valence-corrected chi connectivity index (χ1v) is 8.57. The van der Waals surface area contributed by atoms with Crippen LogP contribution < -0.4 is 5.43 Å². The van der Waals surface area contributed by atoms with Crippen molar-refractivity contribution in [2.45, 2.75) is 31.6 Å². The molecule has 0 radical (unpaired) electrons. The van der Waals surface area contributed by atoms with Crippen LogP contribution in [-0.2, 0) is 0 Å². The Morgan fingerprint density at radius 3 is 2.62 bits per heavy atom. The van der Waals surface area contributed by atoms with Gasteiger partial charge in [-0.25, -0.2) is 0 Å². The van der Waals surface area contributed by atoms with Gasteiger partial charge in [0.2, 0.25) is 0 Å². The van der Waals surface area contributed by atoms with Gasteiger partial charge in [-0.05, 0) is 49.1 Å². The molecule has 2 aromatic carbocycles. The number of allylic oxidation sites excluding steroid dienone is 1. The largest absolute Gasteiger partial charge is 0.460 e. The van der Waals surface area contributed by atoms with E-state index >= 15 is 0 Å². The third kappa shape index (κ3) is 2.60. The van der Waals surface area contributed by atoms with Crippen molar-refractivity contribution in [2.75, 3.05) is 0 Å². The second-order valence-electron chi connectivity index (χ2n) is 6.66. The molecule has 2 nitrogen and oxygen atoms in total. The number of hydrogen-bond acceptors (Lipinski definition) is 2. The number of rotatable bonds is 2. The molecule has 1 aliphatic rings. The average Bonchev–Trinajstić information content (AvgIpc) is 2.62. The zero-order chi connectivity index (χ0) is 16.5. The molecule has 1 saturated carbocycles. The minimum absolute atomic E-state index is 0.0603. The van der Waals surface area contributed by atoms with E-state index in [0.717, 1.165) is 47.8 Å². The van der Waals surface area contributed by atoms with Gasteiger partial charge in [-0.1, -0.05) is 36.9 Å². The van der Waals surface area contributed by atoms with Crippen LogP contribution >= 0.6 is 0 Å². The zero-order valence-electron chi connectivity index (χ0n) is 13.6. The maximum Gasteiger partial charge on any atom is 0.192 e. The predicted octanol–water partition coefficient (Wildman–Crippen LogP) is 5.56. The molecule has 1 aliphatic carbocycles. The van der Waals surface area contributed by atoms with E-state index in [9.17, 15) is 4.79 Å². The van der Waals surface area contributed by atoms with Crippen LogP contribution in [0.15, 0.2) is 70.1 Å². The summed E-state index contributed by atoms with van der Waals surface area (Å²) >= 11 is 0. The van der Waals surface area contributed by atoms with Crippen LogP contribution in [0.3, 0.4) is 0 Å². The summed E-state index contributed by atoms with van der Waals surface area (Å²) in [4.78, 5) is 12.6. The van der Waals surface area contributed by atoms with Gasteiger partial charge < -0.3 is 4.42 Å². The molecule has 0 amide bonds. The topological polar surface area (TPSA) is 30.2 Å². The first-order valence-electron chi connectivity index (χ1n) is 8.57. The summed E-state index contributed by atoms with van der Waals surface area (Å²) in [5, 5.41) is 2.78. The van der Waals surface area contributed by atoms with Crippen LogP contribution in [-0.4, -0.2) is 0 Å². The Balaban J connectivity index is 1.78. The average molecular weight is 316 g/mol. The molecule has 4 rings (SSSR count). The maximum absolute atomic E-state index is 12.6. The minimum atomic E-state index is 0.0603. The van der Waals surface area contributed by atoms with Crippen molar-refractivity contribution in [3.8, 4) is 0 Å². The Kier molecular flexibility index (Phi) is 3.84. The summed E-state index contributed by atoms with van der Waals surface area (Å²) in [6.45, 7) is 3.67. The molecule has 24 heavy (non-hydrogen) atoms. The maximum atomic E-state index is 12.6.